The van der Waals surface area contributed by atoms with Gasteiger partial charge in [-0.25, -0.2) is 0 Å². The van der Waals surface area contributed by atoms with E-state index in [-0.39, 0.29) is 11.9 Å². The number of hydrogen-bond acceptors (Lipinski definition) is 5. The van der Waals surface area contributed by atoms with Crippen LogP contribution >= 0.6 is 11.8 Å². The molecule has 2 rings (SSSR count). The molecule has 2 fully saturated rings. The van der Waals surface area contributed by atoms with Crippen LogP contribution in [-0.4, -0.2) is 67.7 Å². The maximum Gasteiger partial charge on any atom is 0.229 e. The SMILES string of the molecule is CC1(C(=O)NCCN2CCSCC2)COCC1N. The van der Waals surface area contributed by atoms with Crippen molar-refractivity contribution in [1.82, 2.24) is 10.2 Å². The van der Waals surface area contributed by atoms with Crippen molar-refractivity contribution in [2.45, 2.75) is 13.0 Å². The Hall–Kier alpha value is -0.300. The number of nitrogens with zero attached hydrogens (tertiary/aromatic N) is 1. The van der Waals surface area contributed by atoms with Crippen LogP contribution in [0, 0.1) is 5.41 Å². The van der Waals surface area contributed by atoms with Crippen molar-refractivity contribution in [1.29, 1.82) is 0 Å². The van der Waals surface area contributed by atoms with Gasteiger partial charge in [0.1, 0.15) is 0 Å². The van der Waals surface area contributed by atoms with E-state index in [1.807, 2.05) is 18.7 Å². The van der Waals surface area contributed by atoms with Gasteiger partial charge in [-0.1, -0.05) is 0 Å². The van der Waals surface area contributed by atoms with E-state index in [4.69, 9.17) is 10.5 Å². The van der Waals surface area contributed by atoms with Crippen molar-refractivity contribution in [2.75, 3.05) is 50.9 Å². The van der Waals surface area contributed by atoms with Crippen LogP contribution in [-0.2, 0) is 9.53 Å². The van der Waals surface area contributed by atoms with E-state index in [2.05, 4.69) is 10.2 Å². The average molecular weight is 273 g/mol. The zero-order chi connectivity index (χ0) is 13.0. The zero-order valence-corrected chi connectivity index (χ0v) is 11.8. The lowest BCUT2D eigenvalue weighted by Crippen LogP contribution is -2.51. The van der Waals surface area contributed by atoms with Gasteiger partial charge < -0.3 is 15.8 Å². The maximum absolute atomic E-state index is 12.1. The molecule has 2 saturated heterocycles. The normalized spacial score (nSPS) is 33.6. The number of nitrogens with one attached hydrogen (secondary N) is 1. The highest BCUT2D eigenvalue weighted by Gasteiger charge is 2.44. The van der Waals surface area contributed by atoms with Gasteiger partial charge in [-0.2, -0.15) is 11.8 Å². The van der Waals surface area contributed by atoms with Crippen molar-refractivity contribution in [3.63, 3.8) is 0 Å². The summed E-state index contributed by atoms with van der Waals surface area (Å²) in [6, 6.07) is -0.191. The molecule has 2 unspecified atom stereocenters. The number of thioether (sulfide) groups is 1. The lowest BCUT2D eigenvalue weighted by Gasteiger charge is -2.28. The predicted octanol–water partition coefficient (Wildman–Crippen LogP) is -0.485. The highest BCUT2D eigenvalue weighted by Crippen LogP contribution is 2.26. The van der Waals surface area contributed by atoms with Crippen LogP contribution in [0.5, 0.6) is 0 Å². The van der Waals surface area contributed by atoms with E-state index in [1.165, 1.54) is 11.5 Å². The fourth-order valence-corrected chi connectivity index (χ4v) is 3.26. The molecule has 0 spiro atoms. The lowest BCUT2D eigenvalue weighted by molar-refractivity contribution is -0.130. The van der Waals surface area contributed by atoms with Crippen LogP contribution in [0.2, 0.25) is 0 Å². The van der Waals surface area contributed by atoms with Gasteiger partial charge in [0.15, 0.2) is 0 Å². The Balaban J connectivity index is 1.71. The average Bonchev–Trinajstić information content (AvgIpc) is 2.72. The summed E-state index contributed by atoms with van der Waals surface area (Å²) in [6.07, 6.45) is 0. The van der Waals surface area contributed by atoms with Crippen LogP contribution < -0.4 is 11.1 Å². The summed E-state index contributed by atoms with van der Waals surface area (Å²) in [4.78, 5) is 14.5. The molecule has 104 valence electrons. The van der Waals surface area contributed by atoms with E-state index in [0.29, 0.717) is 19.8 Å². The standard InChI is InChI=1S/C12H23N3O2S/c1-12(9-17-8-10(12)13)11(16)14-2-3-15-4-6-18-7-5-15/h10H,2-9,13H2,1H3,(H,14,16). The first-order valence-corrected chi connectivity index (χ1v) is 7.70. The summed E-state index contributed by atoms with van der Waals surface area (Å²) < 4.78 is 5.29. The Bertz CT molecular complexity index is 297. The van der Waals surface area contributed by atoms with Crippen molar-refractivity contribution in [3.05, 3.63) is 0 Å². The molecule has 1 amide bonds. The zero-order valence-electron chi connectivity index (χ0n) is 11.0. The summed E-state index contributed by atoms with van der Waals surface area (Å²) in [5.41, 5.74) is 5.37. The Morgan fingerprint density at radius 2 is 2.28 bits per heavy atom. The van der Waals surface area contributed by atoms with Gasteiger partial charge in [0.25, 0.3) is 0 Å². The largest absolute Gasteiger partial charge is 0.379 e. The molecule has 2 aliphatic heterocycles. The van der Waals surface area contributed by atoms with Crippen LogP contribution in [0.15, 0.2) is 0 Å². The number of ether oxygens (including phenoxy) is 1. The minimum Gasteiger partial charge on any atom is -0.379 e. The molecule has 0 aromatic carbocycles. The molecule has 18 heavy (non-hydrogen) atoms. The number of amides is 1. The number of carbonyl (C=O) groups excluding carboxylic acids is 1. The van der Waals surface area contributed by atoms with Crippen LogP contribution in [0.1, 0.15) is 6.92 Å². The molecular formula is C12H23N3O2S. The molecule has 2 atom stereocenters. The van der Waals surface area contributed by atoms with Crippen LogP contribution in [0.4, 0.5) is 0 Å². The van der Waals surface area contributed by atoms with Gasteiger partial charge in [-0.3, -0.25) is 9.69 Å². The number of carbonyl (C=O) groups is 1. The number of hydrogen-bond donors (Lipinski definition) is 2. The Morgan fingerprint density at radius 3 is 2.89 bits per heavy atom. The van der Waals surface area contributed by atoms with Gasteiger partial charge in [-0.15, -0.1) is 0 Å². The molecule has 0 aromatic heterocycles. The second-order valence-electron chi connectivity index (χ2n) is 5.25. The molecule has 0 radical (unpaired) electrons. The Kier molecular flexibility index (Phi) is 4.89. The quantitative estimate of drug-likeness (QED) is 0.724. The van der Waals surface area contributed by atoms with Gasteiger partial charge in [-0.05, 0) is 6.92 Å². The molecule has 0 aliphatic carbocycles. The summed E-state index contributed by atoms with van der Waals surface area (Å²) in [5.74, 6) is 2.42. The van der Waals surface area contributed by atoms with E-state index in [9.17, 15) is 4.79 Å². The monoisotopic (exact) mass is 273 g/mol. The van der Waals surface area contributed by atoms with Gasteiger partial charge in [0.05, 0.1) is 18.6 Å². The molecule has 2 aliphatic rings. The smallest absolute Gasteiger partial charge is 0.229 e. The fourth-order valence-electron chi connectivity index (χ4n) is 2.28. The predicted molar refractivity (Wildman–Crippen MR) is 73.7 cm³/mol. The minimum atomic E-state index is -0.558. The topological polar surface area (TPSA) is 67.6 Å². The van der Waals surface area contributed by atoms with Gasteiger partial charge in [0.2, 0.25) is 5.91 Å². The summed E-state index contributed by atoms with van der Waals surface area (Å²) in [7, 11) is 0. The first-order chi connectivity index (χ1) is 8.63. The van der Waals surface area contributed by atoms with E-state index in [0.717, 1.165) is 19.6 Å². The fraction of sp³-hybridized carbons (Fsp3) is 0.917. The second-order valence-corrected chi connectivity index (χ2v) is 6.47. The molecule has 0 aromatic rings. The molecule has 2 heterocycles. The van der Waals surface area contributed by atoms with E-state index in [1.54, 1.807) is 0 Å². The maximum atomic E-state index is 12.1. The third-order valence-electron chi connectivity index (χ3n) is 3.85. The molecular weight excluding hydrogens is 250 g/mol. The van der Waals surface area contributed by atoms with Crippen molar-refractivity contribution in [2.24, 2.45) is 11.1 Å². The van der Waals surface area contributed by atoms with Crippen molar-refractivity contribution < 1.29 is 9.53 Å². The van der Waals surface area contributed by atoms with Crippen LogP contribution in [0.25, 0.3) is 0 Å². The van der Waals surface area contributed by atoms with E-state index >= 15 is 0 Å². The van der Waals surface area contributed by atoms with Crippen molar-refractivity contribution >= 4 is 17.7 Å². The first-order valence-electron chi connectivity index (χ1n) is 6.54. The number of nitrogens with two attached hydrogens (primary N) is 1. The molecule has 3 N–H and O–H groups in total. The van der Waals surface area contributed by atoms with Crippen molar-refractivity contribution in [3.8, 4) is 0 Å². The van der Waals surface area contributed by atoms with E-state index < -0.39 is 5.41 Å². The summed E-state index contributed by atoms with van der Waals surface area (Å²) in [5, 5.41) is 3.00. The Labute approximate surface area is 113 Å². The van der Waals surface area contributed by atoms with Crippen LogP contribution in [0.3, 0.4) is 0 Å². The highest BCUT2D eigenvalue weighted by atomic mass is 32.2. The second kappa shape index (κ2) is 6.23. The molecule has 0 bridgehead atoms. The third kappa shape index (κ3) is 3.17. The first kappa shape index (κ1) is 14.1. The minimum absolute atomic E-state index is 0.0267. The van der Waals surface area contributed by atoms with Gasteiger partial charge >= 0.3 is 0 Å². The van der Waals surface area contributed by atoms with Gasteiger partial charge in [0, 0.05) is 43.7 Å². The number of rotatable bonds is 4. The molecule has 0 saturated carbocycles. The summed E-state index contributed by atoms with van der Waals surface area (Å²) in [6.45, 7) is 6.68. The molecule has 5 nitrogen and oxygen atoms in total. The molecule has 6 heteroatoms. The summed E-state index contributed by atoms with van der Waals surface area (Å²) >= 11 is 2.00. The third-order valence-corrected chi connectivity index (χ3v) is 4.80. The Morgan fingerprint density at radius 1 is 1.56 bits per heavy atom. The lowest BCUT2D eigenvalue weighted by atomic mass is 9.85. The highest BCUT2D eigenvalue weighted by molar-refractivity contribution is 7.99.